The van der Waals surface area contributed by atoms with Crippen LogP contribution in [0, 0.1) is 6.92 Å². The molecule has 2 aromatic rings. The third-order valence-electron chi connectivity index (χ3n) is 2.73. The van der Waals surface area contributed by atoms with Gasteiger partial charge < -0.3 is 5.32 Å². The largest absolute Gasteiger partial charge is 0.322 e. The lowest BCUT2D eigenvalue weighted by Gasteiger charge is -2.08. The van der Waals surface area contributed by atoms with E-state index in [4.69, 9.17) is 0 Å². The van der Waals surface area contributed by atoms with Crippen LogP contribution >= 0.6 is 15.9 Å². The number of hydrogen-bond donors (Lipinski definition) is 1. The Morgan fingerprint density at radius 2 is 1.84 bits per heavy atom. The normalized spacial score (nSPS) is 10.0. The maximum absolute atomic E-state index is 12.1. The molecule has 0 fully saturated rings. The van der Waals surface area contributed by atoms with Gasteiger partial charge in [-0.3, -0.25) is 9.59 Å². The molecule has 0 aliphatic heterocycles. The van der Waals surface area contributed by atoms with Crippen LogP contribution in [0.3, 0.4) is 0 Å². The van der Waals surface area contributed by atoms with Crippen LogP contribution in [0.4, 0.5) is 5.69 Å². The predicted octanol–water partition coefficient (Wildman–Crippen LogP) is 3.82. The highest BCUT2D eigenvalue weighted by atomic mass is 79.9. The summed E-state index contributed by atoms with van der Waals surface area (Å²) in [6.07, 6.45) is 0.767. The number of carbonyl (C=O) groups excluding carboxylic acids is 2. The second kappa shape index (κ2) is 5.80. The van der Waals surface area contributed by atoms with Crippen LogP contribution in [0.1, 0.15) is 26.3 Å². The SMILES string of the molecule is Cc1cc(C=O)ccc1C(=O)Nc1ccc(Br)cc1. The molecule has 1 N–H and O–H groups in total. The van der Waals surface area contributed by atoms with E-state index < -0.39 is 0 Å². The second-order valence-corrected chi connectivity index (χ2v) is 5.07. The number of aldehydes is 1. The molecule has 0 unspecified atom stereocenters. The summed E-state index contributed by atoms with van der Waals surface area (Å²) in [6.45, 7) is 1.81. The number of hydrogen-bond acceptors (Lipinski definition) is 2. The maximum atomic E-state index is 12.1. The minimum absolute atomic E-state index is 0.183. The summed E-state index contributed by atoms with van der Waals surface area (Å²) in [4.78, 5) is 22.8. The number of benzene rings is 2. The van der Waals surface area contributed by atoms with Crippen molar-refractivity contribution in [3.05, 3.63) is 63.6 Å². The smallest absolute Gasteiger partial charge is 0.255 e. The molecule has 96 valence electrons. The number of anilines is 1. The Bertz CT molecular complexity index is 621. The van der Waals surface area contributed by atoms with E-state index in [2.05, 4.69) is 21.2 Å². The van der Waals surface area contributed by atoms with Crippen molar-refractivity contribution in [2.45, 2.75) is 6.92 Å². The summed E-state index contributed by atoms with van der Waals surface area (Å²) in [5.74, 6) is -0.183. The van der Waals surface area contributed by atoms with Crippen molar-refractivity contribution in [1.82, 2.24) is 0 Å². The van der Waals surface area contributed by atoms with Gasteiger partial charge in [-0.2, -0.15) is 0 Å². The van der Waals surface area contributed by atoms with Crippen molar-refractivity contribution < 1.29 is 9.59 Å². The Morgan fingerprint density at radius 3 is 2.42 bits per heavy atom. The van der Waals surface area contributed by atoms with Crippen LogP contribution in [-0.4, -0.2) is 12.2 Å². The van der Waals surface area contributed by atoms with Gasteiger partial charge in [-0.05, 0) is 48.9 Å². The zero-order valence-electron chi connectivity index (χ0n) is 10.3. The molecule has 0 radical (unpaired) electrons. The standard InChI is InChI=1S/C15H12BrNO2/c1-10-8-11(9-18)2-7-14(10)15(19)17-13-5-3-12(16)4-6-13/h2-9H,1H3,(H,17,19). The minimum Gasteiger partial charge on any atom is -0.322 e. The number of aryl methyl sites for hydroxylation is 1. The zero-order chi connectivity index (χ0) is 13.8. The Labute approximate surface area is 119 Å². The molecule has 0 aliphatic rings. The van der Waals surface area contributed by atoms with E-state index in [1.165, 1.54) is 0 Å². The summed E-state index contributed by atoms with van der Waals surface area (Å²) in [6, 6.07) is 12.3. The molecule has 0 saturated carbocycles. The summed E-state index contributed by atoms with van der Waals surface area (Å²) >= 11 is 3.34. The van der Waals surface area contributed by atoms with Crippen LogP contribution in [0.15, 0.2) is 46.9 Å². The van der Waals surface area contributed by atoms with Crippen molar-refractivity contribution in [2.75, 3.05) is 5.32 Å². The molecule has 3 nitrogen and oxygen atoms in total. The first kappa shape index (κ1) is 13.5. The Kier molecular flexibility index (Phi) is 4.12. The fourth-order valence-corrected chi connectivity index (χ4v) is 2.01. The van der Waals surface area contributed by atoms with Gasteiger partial charge >= 0.3 is 0 Å². The Morgan fingerprint density at radius 1 is 1.16 bits per heavy atom. The van der Waals surface area contributed by atoms with E-state index in [1.807, 2.05) is 31.2 Å². The highest BCUT2D eigenvalue weighted by molar-refractivity contribution is 9.10. The Hall–Kier alpha value is -1.94. The molecule has 0 bridgehead atoms. The first-order valence-corrected chi connectivity index (χ1v) is 6.52. The molecular weight excluding hydrogens is 306 g/mol. The van der Waals surface area contributed by atoms with Crippen LogP contribution in [0.2, 0.25) is 0 Å². The van der Waals surface area contributed by atoms with Crippen molar-refractivity contribution >= 4 is 33.8 Å². The molecule has 0 heterocycles. The quantitative estimate of drug-likeness (QED) is 0.875. The number of amides is 1. The summed E-state index contributed by atoms with van der Waals surface area (Å²) in [5.41, 5.74) is 2.64. The van der Waals surface area contributed by atoms with Crippen molar-refractivity contribution in [2.24, 2.45) is 0 Å². The van der Waals surface area contributed by atoms with E-state index >= 15 is 0 Å². The van der Waals surface area contributed by atoms with Gasteiger partial charge in [0.05, 0.1) is 0 Å². The first-order chi connectivity index (χ1) is 9.10. The molecule has 2 aromatic carbocycles. The van der Waals surface area contributed by atoms with Gasteiger partial charge in [0.2, 0.25) is 0 Å². The molecule has 4 heteroatoms. The molecule has 0 atom stereocenters. The summed E-state index contributed by atoms with van der Waals surface area (Å²) < 4.78 is 0.956. The van der Waals surface area contributed by atoms with Crippen LogP contribution < -0.4 is 5.32 Å². The zero-order valence-corrected chi connectivity index (χ0v) is 11.9. The molecule has 0 aliphatic carbocycles. The number of carbonyl (C=O) groups is 2. The third kappa shape index (κ3) is 3.29. The van der Waals surface area contributed by atoms with Crippen LogP contribution in [0.25, 0.3) is 0 Å². The second-order valence-electron chi connectivity index (χ2n) is 4.15. The topological polar surface area (TPSA) is 46.2 Å². The lowest BCUT2D eigenvalue weighted by molar-refractivity contribution is 0.102. The molecule has 0 spiro atoms. The highest BCUT2D eigenvalue weighted by Gasteiger charge is 2.09. The molecule has 0 aromatic heterocycles. The summed E-state index contributed by atoms with van der Waals surface area (Å²) in [5, 5.41) is 2.82. The fraction of sp³-hybridized carbons (Fsp3) is 0.0667. The third-order valence-corrected chi connectivity index (χ3v) is 3.26. The minimum atomic E-state index is -0.183. The monoisotopic (exact) mass is 317 g/mol. The van der Waals surface area contributed by atoms with Crippen LogP contribution in [-0.2, 0) is 0 Å². The number of rotatable bonds is 3. The average molecular weight is 318 g/mol. The van der Waals surface area contributed by atoms with Gasteiger partial charge in [0, 0.05) is 21.3 Å². The fourth-order valence-electron chi connectivity index (χ4n) is 1.75. The van der Waals surface area contributed by atoms with Crippen molar-refractivity contribution in [3.8, 4) is 0 Å². The van der Waals surface area contributed by atoms with Gasteiger partial charge in [0.15, 0.2) is 0 Å². The predicted molar refractivity (Wildman–Crippen MR) is 78.7 cm³/mol. The van der Waals surface area contributed by atoms with Crippen molar-refractivity contribution in [1.29, 1.82) is 0 Å². The number of halogens is 1. The Balaban J connectivity index is 2.20. The molecule has 1 amide bonds. The van der Waals surface area contributed by atoms with E-state index in [0.717, 1.165) is 22.0 Å². The number of nitrogens with one attached hydrogen (secondary N) is 1. The van der Waals surface area contributed by atoms with Crippen LogP contribution in [0.5, 0.6) is 0 Å². The molecule has 0 saturated heterocycles. The highest BCUT2D eigenvalue weighted by Crippen LogP contribution is 2.16. The van der Waals surface area contributed by atoms with Gasteiger partial charge in [0.25, 0.3) is 5.91 Å². The lowest BCUT2D eigenvalue weighted by atomic mass is 10.0. The van der Waals surface area contributed by atoms with E-state index in [-0.39, 0.29) is 5.91 Å². The van der Waals surface area contributed by atoms with E-state index in [0.29, 0.717) is 11.1 Å². The van der Waals surface area contributed by atoms with Gasteiger partial charge in [-0.1, -0.05) is 22.0 Å². The van der Waals surface area contributed by atoms with Gasteiger partial charge in [0.1, 0.15) is 6.29 Å². The van der Waals surface area contributed by atoms with Crippen molar-refractivity contribution in [3.63, 3.8) is 0 Å². The van der Waals surface area contributed by atoms with E-state index in [1.54, 1.807) is 18.2 Å². The first-order valence-electron chi connectivity index (χ1n) is 5.73. The average Bonchev–Trinajstić information content (AvgIpc) is 2.41. The maximum Gasteiger partial charge on any atom is 0.255 e. The molecule has 19 heavy (non-hydrogen) atoms. The molecular formula is C15H12BrNO2. The van der Waals surface area contributed by atoms with Gasteiger partial charge in [-0.25, -0.2) is 0 Å². The van der Waals surface area contributed by atoms with Gasteiger partial charge in [-0.15, -0.1) is 0 Å². The molecule has 2 rings (SSSR count). The lowest BCUT2D eigenvalue weighted by Crippen LogP contribution is -2.13. The van der Waals surface area contributed by atoms with E-state index in [9.17, 15) is 9.59 Å². The summed E-state index contributed by atoms with van der Waals surface area (Å²) in [7, 11) is 0.